The number of nitrogens with one attached hydrogen (secondary N) is 2. The summed E-state index contributed by atoms with van der Waals surface area (Å²) in [5, 5.41) is 6.14. The van der Waals surface area contributed by atoms with Crippen molar-refractivity contribution in [3.05, 3.63) is 34.9 Å². The van der Waals surface area contributed by atoms with Gasteiger partial charge in [0.15, 0.2) is 0 Å². The molecule has 1 saturated heterocycles. The molecule has 1 unspecified atom stereocenters. The van der Waals surface area contributed by atoms with Gasteiger partial charge in [0.2, 0.25) is 5.91 Å². The first-order chi connectivity index (χ1) is 10.1. The lowest BCUT2D eigenvalue weighted by Gasteiger charge is -2.24. The van der Waals surface area contributed by atoms with Crippen LogP contribution >= 0.6 is 11.6 Å². The zero-order valence-electron chi connectivity index (χ0n) is 12.1. The molecule has 0 bridgehead atoms. The van der Waals surface area contributed by atoms with Crippen molar-refractivity contribution in [1.29, 1.82) is 0 Å². The monoisotopic (exact) mass is 309 g/mol. The van der Waals surface area contributed by atoms with Crippen LogP contribution in [0.1, 0.15) is 25.3 Å². The fourth-order valence-electron chi connectivity index (χ4n) is 2.33. The summed E-state index contributed by atoms with van der Waals surface area (Å²) in [5.41, 5.74) is 0.902. The summed E-state index contributed by atoms with van der Waals surface area (Å²) in [6.45, 7) is 3.68. The van der Waals surface area contributed by atoms with Crippen LogP contribution < -0.4 is 10.6 Å². The maximum absolute atomic E-state index is 12.3. The summed E-state index contributed by atoms with van der Waals surface area (Å²) in [6.07, 6.45) is 1.48. The van der Waals surface area contributed by atoms with Crippen molar-refractivity contribution in [2.45, 2.75) is 32.4 Å². The Balaban J connectivity index is 2.02. The van der Waals surface area contributed by atoms with Crippen LogP contribution in [0.15, 0.2) is 24.3 Å². The Labute approximate surface area is 129 Å². The highest BCUT2D eigenvalue weighted by Gasteiger charge is 2.27. The Kier molecular flexibility index (Phi) is 5.44. The molecule has 1 aromatic rings. The van der Waals surface area contributed by atoms with Crippen LogP contribution in [0.3, 0.4) is 0 Å². The molecule has 5 nitrogen and oxygen atoms in total. The molecular weight excluding hydrogens is 290 g/mol. The number of benzene rings is 1. The average molecular weight is 310 g/mol. The number of hydrogen-bond acceptors (Lipinski definition) is 2. The number of rotatable bonds is 5. The summed E-state index contributed by atoms with van der Waals surface area (Å²) in [6, 6.07) is 6.82. The highest BCUT2D eigenvalue weighted by Crippen LogP contribution is 2.17. The summed E-state index contributed by atoms with van der Waals surface area (Å²) in [5.74, 6) is -0.113. The molecule has 1 fully saturated rings. The van der Waals surface area contributed by atoms with Gasteiger partial charge in [-0.2, -0.15) is 0 Å². The molecule has 114 valence electrons. The Bertz CT molecular complexity index is 521. The minimum atomic E-state index is -0.428. The predicted octanol–water partition coefficient (Wildman–Crippen LogP) is 2.15. The van der Waals surface area contributed by atoms with E-state index in [0.717, 1.165) is 12.0 Å². The molecule has 0 saturated carbocycles. The van der Waals surface area contributed by atoms with E-state index in [1.807, 2.05) is 31.2 Å². The van der Waals surface area contributed by atoms with Gasteiger partial charge in [-0.05, 0) is 24.5 Å². The fourth-order valence-corrected chi connectivity index (χ4v) is 2.52. The van der Waals surface area contributed by atoms with Crippen molar-refractivity contribution < 1.29 is 9.59 Å². The van der Waals surface area contributed by atoms with Crippen molar-refractivity contribution >= 4 is 23.5 Å². The van der Waals surface area contributed by atoms with E-state index in [9.17, 15) is 9.59 Å². The van der Waals surface area contributed by atoms with E-state index in [0.29, 0.717) is 31.1 Å². The minimum Gasteiger partial charge on any atom is -0.354 e. The summed E-state index contributed by atoms with van der Waals surface area (Å²) >= 11 is 6.14. The van der Waals surface area contributed by atoms with Crippen molar-refractivity contribution in [2.24, 2.45) is 0 Å². The molecule has 1 aliphatic rings. The van der Waals surface area contributed by atoms with Crippen LogP contribution in [-0.2, 0) is 11.3 Å². The fraction of sp³-hybridized carbons (Fsp3) is 0.467. The van der Waals surface area contributed by atoms with Crippen molar-refractivity contribution in [2.75, 3.05) is 13.1 Å². The molecule has 1 atom stereocenters. The number of nitrogens with zero attached hydrogens (tertiary/aromatic N) is 1. The number of carbonyl (C=O) groups is 2. The van der Waals surface area contributed by atoms with Crippen LogP contribution in [0, 0.1) is 0 Å². The van der Waals surface area contributed by atoms with Gasteiger partial charge in [0.25, 0.3) is 0 Å². The van der Waals surface area contributed by atoms with E-state index < -0.39 is 6.04 Å². The third-order valence-corrected chi connectivity index (χ3v) is 3.81. The zero-order valence-corrected chi connectivity index (χ0v) is 12.8. The van der Waals surface area contributed by atoms with E-state index in [4.69, 9.17) is 11.6 Å². The van der Waals surface area contributed by atoms with Gasteiger partial charge in [0, 0.05) is 24.7 Å². The lowest BCUT2D eigenvalue weighted by molar-refractivity contribution is -0.120. The largest absolute Gasteiger partial charge is 0.354 e. The van der Waals surface area contributed by atoms with E-state index in [-0.39, 0.29) is 11.9 Å². The van der Waals surface area contributed by atoms with Gasteiger partial charge in [-0.3, -0.25) is 4.79 Å². The average Bonchev–Trinajstić information content (AvgIpc) is 2.86. The molecule has 1 aromatic carbocycles. The molecule has 6 heteroatoms. The SMILES string of the molecule is CCCN(Cc1ccccc1Cl)C(=O)NC1CCNC1=O. The summed E-state index contributed by atoms with van der Waals surface area (Å²) in [7, 11) is 0. The second-order valence-electron chi connectivity index (χ2n) is 5.09. The molecule has 0 spiro atoms. The molecule has 1 aliphatic heterocycles. The van der Waals surface area contributed by atoms with Crippen LogP contribution in [-0.4, -0.2) is 36.0 Å². The first kappa shape index (κ1) is 15.6. The lowest BCUT2D eigenvalue weighted by Crippen LogP contribution is -2.47. The summed E-state index contributed by atoms with van der Waals surface area (Å²) in [4.78, 5) is 25.6. The lowest BCUT2D eigenvalue weighted by atomic mass is 10.2. The quantitative estimate of drug-likeness (QED) is 0.875. The van der Waals surface area contributed by atoms with Gasteiger partial charge in [-0.15, -0.1) is 0 Å². The second-order valence-corrected chi connectivity index (χ2v) is 5.50. The Morgan fingerprint density at radius 3 is 2.86 bits per heavy atom. The summed E-state index contributed by atoms with van der Waals surface area (Å²) < 4.78 is 0. The molecule has 2 N–H and O–H groups in total. The van der Waals surface area contributed by atoms with E-state index in [1.54, 1.807) is 4.90 Å². The van der Waals surface area contributed by atoms with Gasteiger partial charge in [0.05, 0.1) is 0 Å². The molecule has 1 heterocycles. The van der Waals surface area contributed by atoms with Crippen molar-refractivity contribution in [3.8, 4) is 0 Å². The smallest absolute Gasteiger partial charge is 0.318 e. The van der Waals surface area contributed by atoms with E-state index in [1.165, 1.54) is 0 Å². The standard InChI is InChI=1S/C15H20ClN3O2/c1-2-9-19(10-11-5-3-4-6-12(11)16)15(21)18-13-7-8-17-14(13)20/h3-6,13H,2,7-10H2,1H3,(H,17,20)(H,18,21). The van der Waals surface area contributed by atoms with Crippen LogP contribution in [0.2, 0.25) is 5.02 Å². The maximum atomic E-state index is 12.3. The van der Waals surface area contributed by atoms with Gasteiger partial charge < -0.3 is 15.5 Å². The third kappa shape index (κ3) is 4.11. The molecule has 0 aliphatic carbocycles. The van der Waals surface area contributed by atoms with E-state index >= 15 is 0 Å². The Hall–Kier alpha value is -1.75. The number of carbonyl (C=O) groups excluding carboxylic acids is 2. The Morgan fingerprint density at radius 1 is 1.48 bits per heavy atom. The van der Waals surface area contributed by atoms with Gasteiger partial charge in [0.1, 0.15) is 6.04 Å². The first-order valence-electron chi connectivity index (χ1n) is 7.18. The molecule has 3 amide bonds. The van der Waals surface area contributed by atoms with Crippen molar-refractivity contribution in [1.82, 2.24) is 15.5 Å². The van der Waals surface area contributed by atoms with E-state index in [2.05, 4.69) is 10.6 Å². The number of amides is 3. The Morgan fingerprint density at radius 2 is 2.24 bits per heavy atom. The normalized spacial score (nSPS) is 17.4. The van der Waals surface area contributed by atoms with Gasteiger partial charge in [-0.1, -0.05) is 36.7 Å². The van der Waals surface area contributed by atoms with Crippen LogP contribution in [0.4, 0.5) is 4.79 Å². The molecule has 21 heavy (non-hydrogen) atoms. The highest BCUT2D eigenvalue weighted by atomic mass is 35.5. The maximum Gasteiger partial charge on any atom is 0.318 e. The number of hydrogen-bond donors (Lipinski definition) is 2. The van der Waals surface area contributed by atoms with Crippen LogP contribution in [0.25, 0.3) is 0 Å². The zero-order chi connectivity index (χ0) is 15.2. The minimum absolute atomic E-state index is 0.113. The molecule has 2 rings (SSSR count). The highest BCUT2D eigenvalue weighted by molar-refractivity contribution is 6.31. The predicted molar refractivity (Wildman–Crippen MR) is 82.1 cm³/mol. The van der Waals surface area contributed by atoms with Gasteiger partial charge >= 0.3 is 6.03 Å². The number of urea groups is 1. The second kappa shape index (κ2) is 7.31. The van der Waals surface area contributed by atoms with Crippen LogP contribution in [0.5, 0.6) is 0 Å². The number of halogens is 1. The van der Waals surface area contributed by atoms with Gasteiger partial charge in [-0.25, -0.2) is 4.79 Å². The molecule has 0 radical (unpaired) electrons. The topological polar surface area (TPSA) is 61.4 Å². The third-order valence-electron chi connectivity index (χ3n) is 3.45. The molecule has 0 aromatic heterocycles. The van der Waals surface area contributed by atoms with Crippen molar-refractivity contribution in [3.63, 3.8) is 0 Å². The first-order valence-corrected chi connectivity index (χ1v) is 7.56. The molecular formula is C15H20ClN3O2.